The summed E-state index contributed by atoms with van der Waals surface area (Å²) in [6.45, 7) is 0. The number of benzene rings is 2. The summed E-state index contributed by atoms with van der Waals surface area (Å²) in [6, 6.07) is 12.9. The Morgan fingerprint density at radius 3 is 2.50 bits per heavy atom. The number of rotatable bonds is 4. The normalized spacial score (nSPS) is 11.5. The predicted octanol–water partition coefficient (Wildman–Crippen LogP) is 2.67. The van der Waals surface area contributed by atoms with Gasteiger partial charge in [0.1, 0.15) is 0 Å². The number of thiazole rings is 1. The number of sulfonamides is 1. The molecule has 0 bridgehead atoms. The molecule has 0 aliphatic rings. The molecule has 1 aromatic heterocycles. The van der Waals surface area contributed by atoms with Crippen molar-refractivity contribution in [2.45, 2.75) is 4.90 Å². The van der Waals surface area contributed by atoms with Crippen LogP contribution in [0, 0.1) is 11.3 Å². The van der Waals surface area contributed by atoms with Crippen LogP contribution in [0.2, 0.25) is 0 Å². The van der Waals surface area contributed by atoms with Gasteiger partial charge in [0.15, 0.2) is 5.13 Å². The highest BCUT2D eigenvalue weighted by atomic mass is 32.2. The quantitative estimate of drug-likeness (QED) is 0.742. The first-order valence-corrected chi connectivity index (χ1v) is 9.71. The van der Waals surface area contributed by atoms with E-state index in [-0.39, 0.29) is 10.8 Å². The van der Waals surface area contributed by atoms with Crippen LogP contribution in [0.4, 0.5) is 5.13 Å². The van der Waals surface area contributed by atoms with Crippen LogP contribution < -0.4 is 5.32 Å². The maximum Gasteiger partial charge on any atom is 0.257 e. The van der Waals surface area contributed by atoms with Gasteiger partial charge < -0.3 is 0 Å². The largest absolute Gasteiger partial charge is 0.298 e. The number of nitriles is 1. The molecule has 0 aliphatic heterocycles. The van der Waals surface area contributed by atoms with E-state index in [1.807, 2.05) is 6.07 Å². The van der Waals surface area contributed by atoms with E-state index in [1.165, 1.54) is 31.5 Å². The number of carbonyl (C=O) groups is 1. The third-order valence-electron chi connectivity index (χ3n) is 3.64. The fraction of sp³-hybridized carbons (Fsp3) is 0.118. The second-order valence-electron chi connectivity index (χ2n) is 5.58. The smallest absolute Gasteiger partial charge is 0.257 e. The fourth-order valence-electron chi connectivity index (χ4n) is 2.20. The number of nitrogens with zero attached hydrogens (tertiary/aromatic N) is 3. The average Bonchev–Trinajstić information content (AvgIpc) is 3.02. The van der Waals surface area contributed by atoms with Crippen molar-refractivity contribution in [3.63, 3.8) is 0 Å². The van der Waals surface area contributed by atoms with E-state index >= 15 is 0 Å². The molecule has 3 aromatic rings. The van der Waals surface area contributed by atoms with Gasteiger partial charge in [-0.15, -0.1) is 0 Å². The summed E-state index contributed by atoms with van der Waals surface area (Å²) >= 11 is 1.19. The van der Waals surface area contributed by atoms with Crippen LogP contribution in [0.25, 0.3) is 10.2 Å². The molecular formula is C17H14N4O3S2. The predicted molar refractivity (Wildman–Crippen MR) is 99.6 cm³/mol. The van der Waals surface area contributed by atoms with Crippen molar-refractivity contribution < 1.29 is 13.2 Å². The van der Waals surface area contributed by atoms with E-state index in [0.29, 0.717) is 26.5 Å². The van der Waals surface area contributed by atoms with Gasteiger partial charge in [-0.1, -0.05) is 11.3 Å². The Morgan fingerprint density at radius 1 is 1.19 bits per heavy atom. The first-order chi connectivity index (χ1) is 12.3. The first-order valence-electron chi connectivity index (χ1n) is 7.46. The number of aromatic nitrogens is 1. The summed E-state index contributed by atoms with van der Waals surface area (Å²) < 4.78 is 26.2. The van der Waals surface area contributed by atoms with Crippen LogP contribution in [0.5, 0.6) is 0 Å². The van der Waals surface area contributed by atoms with Gasteiger partial charge in [0.2, 0.25) is 10.0 Å². The molecule has 7 nitrogen and oxygen atoms in total. The minimum atomic E-state index is -3.53. The summed E-state index contributed by atoms with van der Waals surface area (Å²) in [6.07, 6.45) is 0. The second-order valence-corrected chi connectivity index (χ2v) is 8.76. The molecule has 0 atom stereocenters. The minimum absolute atomic E-state index is 0.170. The maximum atomic E-state index is 12.3. The zero-order valence-electron chi connectivity index (χ0n) is 13.9. The lowest BCUT2D eigenvalue weighted by Crippen LogP contribution is -2.22. The highest BCUT2D eigenvalue weighted by molar-refractivity contribution is 7.89. The monoisotopic (exact) mass is 386 g/mol. The van der Waals surface area contributed by atoms with Crippen molar-refractivity contribution in [3.05, 3.63) is 53.6 Å². The molecular weight excluding hydrogens is 372 g/mol. The molecule has 0 aliphatic carbocycles. The minimum Gasteiger partial charge on any atom is -0.298 e. The molecule has 0 saturated carbocycles. The molecule has 0 radical (unpaired) electrons. The van der Waals surface area contributed by atoms with Gasteiger partial charge in [-0.05, 0) is 42.5 Å². The molecule has 26 heavy (non-hydrogen) atoms. The van der Waals surface area contributed by atoms with E-state index in [9.17, 15) is 13.2 Å². The highest BCUT2D eigenvalue weighted by Gasteiger charge is 2.18. The van der Waals surface area contributed by atoms with Crippen molar-refractivity contribution in [3.8, 4) is 6.07 Å². The lowest BCUT2D eigenvalue weighted by molar-refractivity contribution is 0.102. The number of fused-ring (bicyclic) bond motifs is 1. The van der Waals surface area contributed by atoms with Gasteiger partial charge >= 0.3 is 0 Å². The van der Waals surface area contributed by atoms with E-state index in [1.54, 1.807) is 36.4 Å². The van der Waals surface area contributed by atoms with Crippen LogP contribution in [0.3, 0.4) is 0 Å². The Bertz CT molecular complexity index is 1130. The van der Waals surface area contributed by atoms with Crippen LogP contribution in [-0.2, 0) is 10.0 Å². The lowest BCUT2D eigenvalue weighted by atomic mass is 10.1. The highest BCUT2D eigenvalue weighted by Crippen LogP contribution is 2.29. The zero-order chi connectivity index (χ0) is 18.9. The molecule has 1 heterocycles. The van der Waals surface area contributed by atoms with Crippen molar-refractivity contribution in [2.75, 3.05) is 19.4 Å². The lowest BCUT2D eigenvalue weighted by Gasteiger charge is -2.10. The van der Waals surface area contributed by atoms with Gasteiger partial charge in [-0.3, -0.25) is 10.1 Å². The molecule has 0 saturated heterocycles. The Morgan fingerprint density at radius 2 is 1.88 bits per heavy atom. The maximum absolute atomic E-state index is 12.3. The van der Waals surface area contributed by atoms with E-state index in [2.05, 4.69) is 10.3 Å². The fourth-order valence-corrected chi connectivity index (χ4v) is 4.10. The number of carbonyl (C=O) groups excluding carboxylic acids is 1. The third-order valence-corrected chi connectivity index (χ3v) is 6.38. The Balaban J connectivity index is 1.87. The average molecular weight is 386 g/mol. The van der Waals surface area contributed by atoms with Gasteiger partial charge in [-0.2, -0.15) is 5.26 Å². The van der Waals surface area contributed by atoms with Gasteiger partial charge in [0.25, 0.3) is 5.91 Å². The van der Waals surface area contributed by atoms with E-state index in [4.69, 9.17) is 5.26 Å². The molecule has 0 fully saturated rings. The summed E-state index contributed by atoms with van der Waals surface area (Å²) in [7, 11) is -0.598. The summed E-state index contributed by atoms with van der Waals surface area (Å²) in [5, 5.41) is 11.9. The third kappa shape index (κ3) is 3.43. The number of nitrogens with one attached hydrogen (secondary N) is 1. The van der Waals surface area contributed by atoms with Crippen LogP contribution in [0.1, 0.15) is 15.9 Å². The number of anilines is 1. The van der Waals surface area contributed by atoms with Gasteiger partial charge in [0, 0.05) is 19.7 Å². The number of hydrogen-bond acceptors (Lipinski definition) is 6. The zero-order valence-corrected chi connectivity index (χ0v) is 15.6. The topological polar surface area (TPSA) is 103 Å². The van der Waals surface area contributed by atoms with Crippen molar-refractivity contribution in [2.24, 2.45) is 0 Å². The molecule has 9 heteroatoms. The Hall–Kier alpha value is -2.80. The molecule has 3 rings (SSSR count). The second kappa shape index (κ2) is 6.84. The van der Waals surface area contributed by atoms with E-state index < -0.39 is 10.0 Å². The molecule has 0 unspecified atom stereocenters. The summed E-state index contributed by atoms with van der Waals surface area (Å²) in [5.74, 6) is -0.352. The molecule has 2 aromatic carbocycles. The van der Waals surface area contributed by atoms with Gasteiger partial charge in [-0.25, -0.2) is 17.7 Å². The van der Waals surface area contributed by atoms with E-state index in [0.717, 1.165) is 4.31 Å². The number of amides is 1. The van der Waals surface area contributed by atoms with Crippen molar-refractivity contribution in [1.82, 2.24) is 9.29 Å². The van der Waals surface area contributed by atoms with Crippen molar-refractivity contribution >= 4 is 42.6 Å². The SMILES string of the molecule is CN(C)S(=O)(=O)c1ccc2nc(NC(=O)c3ccc(C#N)cc3)sc2c1. The summed E-state index contributed by atoms with van der Waals surface area (Å²) in [4.78, 5) is 16.8. The van der Waals surface area contributed by atoms with Crippen LogP contribution in [0.15, 0.2) is 47.4 Å². The molecule has 132 valence electrons. The van der Waals surface area contributed by atoms with Gasteiger partial charge in [0.05, 0.1) is 26.7 Å². The standard InChI is InChI=1S/C17H14N4O3S2/c1-21(2)26(23,24)13-7-8-14-15(9-13)25-17(19-14)20-16(22)12-5-3-11(10-18)4-6-12/h3-9H,1-2H3,(H,19,20,22). The molecule has 1 amide bonds. The number of hydrogen-bond donors (Lipinski definition) is 1. The van der Waals surface area contributed by atoms with Crippen LogP contribution in [-0.4, -0.2) is 37.7 Å². The molecule has 1 N–H and O–H groups in total. The van der Waals surface area contributed by atoms with Crippen molar-refractivity contribution in [1.29, 1.82) is 5.26 Å². The Labute approximate surface area is 154 Å². The first kappa shape index (κ1) is 18.0. The molecule has 0 spiro atoms. The summed E-state index contributed by atoms with van der Waals surface area (Å²) in [5.41, 5.74) is 1.47. The Kier molecular flexibility index (Phi) is 4.73. The van der Waals surface area contributed by atoms with Crippen LogP contribution >= 0.6 is 11.3 Å².